The molecule has 0 bridgehead atoms. The van der Waals surface area contributed by atoms with Crippen LogP contribution in [0, 0.1) is 11.8 Å². The molecule has 6 nitrogen and oxygen atoms in total. The first kappa shape index (κ1) is 15.5. The van der Waals surface area contributed by atoms with Crippen LogP contribution in [-0.2, 0) is 16.0 Å². The van der Waals surface area contributed by atoms with Crippen molar-refractivity contribution in [2.45, 2.75) is 19.4 Å². The lowest BCUT2D eigenvalue weighted by molar-refractivity contribution is -0.905. The summed E-state index contributed by atoms with van der Waals surface area (Å²) in [5.41, 5.74) is 2.09. The topological polar surface area (TPSA) is 58.4 Å². The highest BCUT2D eigenvalue weighted by Gasteiger charge is 2.35. The summed E-state index contributed by atoms with van der Waals surface area (Å²) >= 11 is 0. The van der Waals surface area contributed by atoms with E-state index >= 15 is 0 Å². The Morgan fingerprint density at radius 2 is 2.30 bits per heavy atom. The minimum Gasteiger partial charge on any atom is -0.492 e. The minimum absolute atomic E-state index is 0.174. The van der Waals surface area contributed by atoms with Gasteiger partial charge in [0, 0.05) is 12.3 Å². The number of nitrogens with one attached hydrogen (secondary N) is 1. The van der Waals surface area contributed by atoms with Crippen molar-refractivity contribution < 1.29 is 28.6 Å². The zero-order chi connectivity index (χ0) is 16.4. The number of rotatable bonds is 2. The molecule has 122 valence electrons. The number of hydrogen-bond acceptors (Lipinski definition) is 5. The molecule has 0 aliphatic carbocycles. The largest absolute Gasteiger partial charge is 0.492 e. The number of quaternary nitrogens is 1. The average molecular weight is 318 g/mol. The van der Waals surface area contributed by atoms with Crippen LogP contribution in [0.4, 0.5) is 0 Å². The third-order valence-electron chi connectivity index (χ3n) is 4.11. The van der Waals surface area contributed by atoms with Crippen molar-refractivity contribution in [3.8, 4) is 29.1 Å². The molecular formula is C17H20NO5+. The van der Waals surface area contributed by atoms with Crippen LogP contribution in [-0.4, -0.2) is 40.1 Å². The van der Waals surface area contributed by atoms with E-state index in [9.17, 15) is 4.79 Å². The molecule has 0 radical (unpaired) electrons. The third kappa shape index (κ3) is 2.80. The van der Waals surface area contributed by atoms with Gasteiger partial charge in [0.05, 0.1) is 32.9 Å². The summed E-state index contributed by atoms with van der Waals surface area (Å²) in [5.74, 6) is 7.09. The first-order valence-corrected chi connectivity index (χ1v) is 7.65. The molecule has 0 aromatic heterocycles. The summed E-state index contributed by atoms with van der Waals surface area (Å²) in [6.45, 7) is 3.18. The molecule has 2 unspecified atom stereocenters. The van der Waals surface area contributed by atoms with Crippen molar-refractivity contribution >= 4 is 5.97 Å². The molecule has 0 spiro atoms. The number of carbonyl (C=O) groups excluding carboxylic acids is 1. The molecular weight excluding hydrogens is 298 g/mol. The maximum atomic E-state index is 11.6. The molecule has 0 saturated heterocycles. The van der Waals surface area contributed by atoms with Gasteiger partial charge in [-0.1, -0.05) is 0 Å². The van der Waals surface area contributed by atoms with Gasteiger partial charge in [0.2, 0.25) is 12.5 Å². The van der Waals surface area contributed by atoms with Gasteiger partial charge < -0.3 is 23.8 Å². The van der Waals surface area contributed by atoms with Crippen LogP contribution >= 0.6 is 0 Å². The van der Waals surface area contributed by atoms with Gasteiger partial charge in [0.25, 0.3) is 0 Å². The highest BCUT2D eigenvalue weighted by atomic mass is 16.7. The number of likely N-dealkylation sites (N-methyl/N-ethyl adjacent to an activating group) is 1. The maximum Gasteiger partial charge on any atom is 0.384 e. The number of ether oxygens (including phenoxy) is 4. The normalized spacial score (nSPS) is 21.0. The van der Waals surface area contributed by atoms with Crippen molar-refractivity contribution in [1.29, 1.82) is 0 Å². The predicted molar refractivity (Wildman–Crippen MR) is 81.7 cm³/mol. The SMILES string of the molecule is CCOC(=O)C#CC1c2c(cc3c(c2OC)OCO3)CC[NH+]1C. The lowest BCUT2D eigenvalue weighted by Gasteiger charge is -2.29. The lowest BCUT2D eigenvalue weighted by atomic mass is 9.91. The zero-order valence-electron chi connectivity index (χ0n) is 13.5. The molecule has 23 heavy (non-hydrogen) atoms. The summed E-state index contributed by atoms with van der Waals surface area (Å²) in [7, 11) is 3.66. The Morgan fingerprint density at radius 1 is 1.48 bits per heavy atom. The molecule has 1 aromatic carbocycles. The Bertz CT molecular complexity index is 688. The van der Waals surface area contributed by atoms with E-state index in [2.05, 4.69) is 18.9 Å². The first-order valence-electron chi connectivity index (χ1n) is 7.65. The van der Waals surface area contributed by atoms with Gasteiger partial charge in [-0.05, 0) is 24.5 Å². The summed E-state index contributed by atoms with van der Waals surface area (Å²) < 4.78 is 21.5. The smallest absolute Gasteiger partial charge is 0.384 e. The molecule has 0 fully saturated rings. The van der Waals surface area contributed by atoms with E-state index in [1.165, 1.54) is 4.90 Å². The Morgan fingerprint density at radius 3 is 3.04 bits per heavy atom. The van der Waals surface area contributed by atoms with Crippen molar-refractivity contribution in [2.24, 2.45) is 0 Å². The quantitative estimate of drug-likeness (QED) is 0.476. The van der Waals surface area contributed by atoms with E-state index in [1.807, 2.05) is 6.07 Å². The van der Waals surface area contributed by atoms with Crippen LogP contribution < -0.4 is 19.1 Å². The van der Waals surface area contributed by atoms with Crippen LogP contribution in [0.5, 0.6) is 17.2 Å². The zero-order valence-corrected chi connectivity index (χ0v) is 13.5. The van der Waals surface area contributed by atoms with Gasteiger partial charge >= 0.3 is 5.97 Å². The molecule has 2 heterocycles. The monoisotopic (exact) mass is 318 g/mol. The molecule has 2 atom stereocenters. The van der Waals surface area contributed by atoms with E-state index in [1.54, 1.807) is 14.0 Å². The summed E-state index contributed by atoms with van der Waals surface area (Å²) in [6, 6.07) is 1.82. The van der Waals surface area contributed by atoms with Crippen molar-refractivity contribution in [3.05, 3.63) is 17.2 Å². The fourth-order valence-electron chi connectivity index (χ4n) is 3.02. The minimum atomic E-state index is -0.507. The van der Waals surface area contributed by atoms with Gasteiger partial charge in [-0.15, -0.1) is 0 Å². The Balaban J connectivity index is 2.05. The second-order valence-corrected chi connectivity index (χ2v) is 5.49. The summed E-state index contributed by atoms with van der Waals surface area (Å²) in [5, 5.41) is 0. The van der Waals surface area contributed by atoms with E-state index in [0.717, 1.165) is 24.1 Å². The van der Waals surface area contributed by atoms with E-state index < -0.39 is 5.97 Å². The second kappa shape index (κ2) is 6.39. The Kier molecular flexibility index (Phi) is 4.30. The van der Waals surface area contributed by atoms with E-state index in [0.29, 0.717) is 23.9 Å². The van der Waals surface area contributed by atoms with Gasteiger partial charge in [-0.25, -0.2) is 4.79 Å². The van der Waals surface area contributed by atoms with Crippen molar-refractivity contribution in [3.63, 3.8) is 0 Å². The lowest BCUT2D eigenvalue weighted by Crippen LogP contribution is -3.10. The number of hydrogen-bond donors (Lipinski definition) is 1. The van der Waals surface area contributed by atoms with Gasteiger partial charge in [0.15, 0.2) is 17.5 Å². The predicted octanol–water partition coefficient (Wildman–Crippen LogP) is 0.102. The highest BCUT2D eigenvalue weighted by molar-refractivity contribution is 5.88. The van der Waals surface area contributed by atoms with Gasteiger partial charge in [-0.2, -0.15) is 0 Å². The molecule has 1 aromatic rings. The Labute approximate surface area is 135 Å². The number of carbonyl (C=O) groups is 1. The van der Waals surface area contributed by atoms with Gasteiger partial charge in [0.1, 0.15) is 0 Å². The Hall–Kier alpha value is -2.39. The third-order valence-corrected chi connectivity index (χ3v) is 4.11. The van der Waals surface area contributed by atoms with Crippen LogP contribution in [0.2, 0.25) is 0 Å². The van der Waals surface area contributed by atoms with Crippen LogP contribution in [0.25, 0.3) is 0 Å². The molecule has 3 rings (SSSR count). The fourth-order valence-corrected chi connectivity index (χ4v) is 3.02. The number of fused-ring (bicyclic) bond motifs is 2. The standard InChI is InChI=1S/C17H19NO5/c1-4-21-14(19)6-5-12-15-11(7-8-18(12)2)9-13-16(17(15)20-3)23-10-22-13/h9,12H,4,7-8,10H2,1-3H3/p+1. The van der Waals surface area contributed by atoms with Gasteiger partial charge in [-0.3, -0.25) is 0 Å². The summed E-state index contributed by atoms with van der Waals surface area (Å²) in [6.07, 6.45) is 0.895. The molecule has 2 aliphatic heterocycles. The maximum absolute atomic E-state index is 11.6. The van der Waals surface area contributed by atoms with Crippen molar-refractivity contribution in [1.82, 2.24) is 0 Å². The molecule has 1 N–H and O–H groups in total. The molecule has 6 heteroatoms. The number of esters is 1. The van der Waals surface area contributed by atoms with Crippen molar-refractivity contribution in [2.75, 3.05) is 34.1 Å². The first-order chi connectivity index (χ1) is 11.2. The van der Waals surface area contributed by atoms with E-state index in [4.69, 9.17) is 18.9 Å². The second-order valence-electron chi connectivity index (χ2n) is 5.49. The molecule has 0 amide bonds. The highest BCUT2D eigenvalue weighted by Crippen LogP contribution is 2.47. The molecule has 0 saturated carbocycles. The number of methoxy groups -OCH3 is 1. The van der Waals surface area contributed by atoms with E-state index in [-0.39, 0.29) is 12.8 Å². The molecule has 2 aliphatic rings. The number of benzene rings is 1. The van der Waals surface area contributed by atoms with Crippen LogP contribution in [0.1, 0.15) is 24.1 Å². The fraction of sp³-hybridized carbons (Fsp3) is 0.471. The van der Waals surface area contributed by atoms with Crippen LogP contribution in [0.15, 0.2) is 6.07 Å². The average Bonchev–Trinajstić information content (AvgIpc) is 3.00. The van der Waals surface area contributed by atoms with Crippen LogP contribution in [0.3, 0.4) is 0 Å². The summed E-state index contributed by atoms with van der Waals surface area (Å²) in [4.78, 5) is 12.8.